The molecule has 0 aliphatic carbocycles. The lowest BCUT2D eigenvalue weighted by atomic mass is 10.1. The molecule has 4 rings (SSSR count). The Hall–Kier alpha value is -3.24. The lowest BCUT2D eigenvalue weighted by molar-refractivity contribution is 0.475. The highest BCUT2D eigenvalue weighted by atomic mass is 32.1. The van der Waals surface area contributed by atoms with Gasteiger partial charge in [0, 0.05) is 23.1 Å². The standard InChI is InChI=1S/C23H18N2OS/c26-20-13-11-19(12-14-20)22-21(15-17-7-3-1-4-8-17)27-23(25-22)24-16-18-9-5-2-6-10-18/h1-14,16,26H,15H2/b24-16+. The fraction of sp³-hybridized carbons (Fsp3) is 0.0435. The summed E-state index contributed by atoms with van der Waals surface area (Å²) in [5.41, 5.74) is 4.18. The summed E-state index contributed by atoms with van der Waals surface area (Å²) >= 11 is 1.60. The quantitative estimate of drug-likeness (QED) is 0.447. The van der Waals surface area contributed by atoms with Crippen LogP contribution in [-0.2, 0) is 6.42 Å². The Balaban J connectivity index is 1.70. The molecule has 0 aliphatic heterocycles. The molecule has 0 atom stereocenters. The number of benzene rings is 3. The molecule has 0 fully saturated rings. The molecule has 0 spiro atoms. The van der Waals surface area contributed by atoms with Gasteiger partial charge in [-0.05, 0) is 35.4 Å². The summed E-state index contributed by atoms with van der Waals surface area (Å²) in [6, 6.07) is 27.5. The maximum atomic E-state index is 9.58. The second-order valence-electron chi connectivity index (χ2n) is 6.15. The summed E-state index contributed by atoms with van der Waals surface area (Å²) in [4.78, 5) is 10.5. The van der Waals surface area contributed by atoms with Gasteiger partial charge in [-0.1, -0.05) is 72.0 Å². The minimum absolute atomic E-state index is 0.251. The molecular formula is C23H18N2OS. The highest BCUT2D eigenvalue weighted by Crippen LogP contribution is 2.34. The van der Waals surface area contributed by atoms with E-state index >= 15 is 0 Å². The molecule has 3 nitrogen and oxygen atoms in total. The average molecular weight is 370 g/mol. The topological polar surface area (TPSA) is 45.5 Å². The van der Waals surface area contributed by atoms with E-state index in [9.17, 15) is 5.11 Å². The monoisotopic (exact) mass is 370 g/mol. The van der Waals surface area contributed by atoms with Crippen molar-refractivity contribution in [2.24, 2.45) is 4.99 Å². The fourth-order valence-electron chi connectivity index (χ4n) is 2.81. The number of aromatic nitrogens is 1. The molecule has 0 saturated heterocycles. The predicted molar refractivity (Wildman–Crippen MR) is 112 cm³/mol. The first-order chi connectivity index (χ1) is 13.3. The Labute approximate surface area is 162 Å². The number of rotatable bonds is 5. The molecule has 0 bridgehead atoms. The number of aromatic hydroxyl groups is 1. The number of phenols is 1. The highest BCUT2D eigenvalue weighted by Gasteiger charge is 2.13. The normalized spacial score (nSPS) is 11.1. The van der Waals surface area contributed by atoms with Crippen LogP contribution in [0.25, 0.3) is 11.3 Å². The lowest BCUT2D eigenvalue weighted by Gasteiger charge is -2.03. The van der Waals surface area contributed by atoms with E-state index in [2.05, 4.69) is 17.1 Å². The van der Waals surface area contributed by atoms with E-state index < -0.39 is 0 Å². The first-order valence-corrected chi connectivity index (χ1v) is 9.52. The van der Waals surface area contributed by atoms with Gasteiger partial charge in [0.15, 0.2) is 0 Å². The molecule has 1 N–H and O–H groups in total. The van der Waals surface area contributed by atoms with Crippen LogP contribution in [0.3, 0.4) is 0 Å². The second-order valence-corrected chi connectivity index (χ2v) is 7.21. The van der Waals surface area contributed by atoms with Crippen LogP contribution >= 0.6 is 11.3 Å². The summed E-state index contributed by atoms with van der Waals surface area (Å²) in [7, 11) is 0. The van der Waals surface area contributed by atoms with Crippen molar-refractivity contribution in [1.82, 2.24) is 4.98 Å². The van der Waals surface area contributed by atoms with E-state index in [0.29, 0.717) is 0 Å². The van der Waals surface area contributed by atoms with Crippen molar-refractivity contribution < 1.29 is 5.11 Å². The van der Waals surface area contributed by atoms with E-state index in [1.165, 1.54) is 5.56 Å². The number of phenolic OH excluding ortho intramolecular Hbond substituents is 1. The van der Waals surface area contributed by atoms with Crippen LogP contribution in [0, 0.1) is 0 Å². The van der Waals surface area contributed by atoms with Gasteiger partial charge in [0.05, 0.1) is 5.69 Å². The third kappa shape index (κ3) is 4.30. The van der Waals surface area contributed by atoms with Crippen molar-refractivity contribution in [3.8, 4) is 17.0 Å². The van der Waals surface area contributed by atoms with Crippen molar-refractivity contribution >= 4 is 22.7 Å². The van der Waals surface area contributed by atoms with Gasteiger partial charge in [-0.25, -0.2) is 9.98 Å². The zero-order valence-electron chi connectivity index (χ0n) is 14.6. The zero-order chi connectivity index (χ0) is 18.5. The summed E-state index contributed by atoms with van der Waals surface area (Å²) in [5.74, 6) is 0.251. The van der Waals surface area contributed by atoms with E-state index in [-0.39, 0.29) is 5.75 Å². The largest absolute Gasteiger partial charge is 0.508 e. The van der Waals surface area contributed by atoms with Crippen LogP contribution in [-0.4, -0.2) is 16.3 Å². The molecule has 0 radical (unpaired) electrons. The van der Waals surface area contributed by atoms with Gasteiger partial charge in [-0.3, -0.25) is 0 Å². The fourth-order valence-corrected chi connectivity index (χ4v) is 3.77. The van der Waals surface area contributed by atoms with Crippen molar-refractivity contribution in [2.45, 2.75) is 6.42 Å². The van der Waals surface area contributed by atoms with E-state index in [1.807, 2.05) is 66.9 Å². The highest BCUT2D eigenvalue weighted by molar-refractivity contribution is 7.15. The van der Waals surface area contributed by atoms with Crippen LogP contribution in [0.2, 0.25) is 0 Å². The molecule has 0 saturated carbocycles. The Bertz CT molecular complexity index is 1040. The maximum absolute atomic E-state index is 9.58. The number of nitrogens with zero attached hydrogens (tertiary/aromatic N) is 2. The molecule has 3 aromatic carbocycles. The van der Waals surface area contributed by atoms with Crippen LogP contribution < -0.4 is 0 Å². The van der Waals surface area contributed by atoms with E-state index in [1.54, 1.807) is 23.5 Å². The third-order valence-corrected chi connectivity index (χ3v) is 5.12. The second kappa shape index (κ2) is 7.98. The molecule has 1 aromatic heterocycles. The van der Waals surface area contributed by atoms with Gasteiger partial charge in [-0.15, -0.1) is 0 Å². The molecule has 0 unspecified atom stereocenters. The van der Waals surface area contributed by atoms with Crippen molar-refractivity contribution in [2.75, 3.05) is 0 Å². The molecule has 4 heteroatoms. The third-order valence-electron chi connectivity index (χ3n) is 4.16. The summed E-state index contributed by atoms with van der Waals surface area (Å²) in [5, 5.41) is 10.3. The molecular weight excluding hydrogens is 352 g/mol. The lowest BCUT2D eigenvalue weighted by Crippen LogP contribution is -1.88. The van der Waals surface area contributed by atoms with Crippen molar-refractivity contribution in [3.63, 3.8) is 0 Å². The van der Waals surface area contributed by atoms with Gasteiger partial charge in [0.25, 0.3) is 0 Å². The molecule has 1 heterocycles. The van der Waals surface area contributed by atoms with Crippen LogP contribution in [0.1, 0.15) is 16.0 Å². The summed E-state index contributed by atoms with van der Waals surface area (Å²) in [6.45, 7) is 0. The SMILES string of the molecule is Oc1ccc(-c2nc(/N=C/c3ccccc3)sc2Cc2ccccc2)cc1. The number of hydrogen-bond acceptors (Lipinski definition) is 4. The van der Waals surface area contributed by atoms with Crippen LogP contribution in [0.5, 0.6) is 5.75 Å². The minimum Gasteiger partial charge on any atom is -0.508 e. The average Bonchev–Trinajstić information content (AvgIpc) is 3.11. The zero-order valence-corrected chi connectivity index (χ0v) is 15.4. The number of thiazole rings is 1. The van der Waals surface area contributed by atoms with Crippen molar-refractivity contribution in [1.29, 1.82) is 0 Å². The number of aliphatic imine (C=N–C) groups is 1. The predicted octanol–water partition coefficient (Wildman–Crippen LogP) is 5.86. The summed E-state index contributed by atoms with van der Waals surface area (Å²) in [6.07, 6.45) is 2.64. The summed E-state index contributed by atoms with van der Waals surface area (Å²) < 4.78 is 0. The Morgan fingerprint density at radius 3 is 2.22 bits per heavy atom. The molecule has 27 heavy (non-hydrogen) atoms. The van der Waals surface area contributed by atoms with Gasteiger partial charge in [-0.2, -0.15) is 0 Å². The minimum atomic E-state index is 0.251. The molecule has 4 aromatic rings. The van der Waals surface area contributed by atoms with Gasteiger partial charge in [0.2, 0.25) is 5.13 Å². The maximum Gasteiger partial charge on any atom is 0.209 e. The van der Waals surface area contributed by atoms with E-state index in [0.717, 1.165) is 33.3 Å². The van der Waals surface area contributed by atoms with Crippen molar-refractivity contribution in [3.05, 3.63) is 101 Å². The Morgan fingerprint density at radius 1 is 0.852 bits per heavy atom. The Kier molecular flexibility index (Phi) is 5.08. The first-order valence-electron chi connectivity index (χ1n) is 8.70. The van der Waals surface area contributed by atoms with E-state index in [4.69, 9.17) is 4.98 Å². The first kappa shape index (κ1) is 17.2. The molecule has 132 valence electrons. The van der Waals surface area contributed by atoms with Crippen LogP contribution in [0.15, 0.2) is 89.9 Å². The molecule has 0 aliphatic rings. The van der Waals surface area contributed by atoms with Gasteiger partial charge < -0.3 is 5.11 Å². The molecule has 0 amide bonds. The van der Waals surface area contributed by atoms with Gasteiger partial charge >= 0.3 is 0 Å². The van der Waals surface area contributed by atoms with Crippen LogP contribution in [0.4, 0.5) is 5.13 Å². The Morgan fingerprint density at radius 2 is 1.52 bits per heavy atom. The number of hydrogen-bond donors (Lipinski definition) is 1. The smallest absolute Gasteiger partial charge is 0.209 e. The van der Waals surface area contributed by atoms with Gasteiger partial charge in [0.1, 0.15) is 5.75 Å².